The first-order valence-corrected chi connectivity index (χ1v) is 14.1. The molecule has 0 bridgehead atoms. The Morgan fingerprint density at radius 3 is 1.69 bits per heavy atom. The Morgan fingerprint density at radius 1 is 0.694 bits per heavy atom. The highest BCUT2D eigenvalue weighted by Gasteiger charge is 2.21. The second-order valence-corrected chi connectivity index (χ2v) is 11.0. The number of nitrogens with zero attached hydrogens (tertiary/aromatic N) is 3. The van der Waals surface area contributed by atoms with Gasteiger partial charge in [0, 0.05) is 18.7 Å². The lowest BCUT2D eigenvalue weighted by molar-refractivity contribution is 0.551. The Morgan fingerprint density at radius 2 is 1.17 bits per heavy atom. The molecule has 0 unspecified atom stereocenters. The molecular formula is C28H26N5OPS. The maximum absolute atomic E-state index is 14.1. The summed E-state index contributed by atoms with van der Waals surface area (Å²) >= 11 is 1.36. The van der Waals surface area contributed by atoms with Crippen molar-refractivity contribution in [2.75, 3.05) is 0 Å². The molecule has 0 aliphatic carbocycles. The second-order valence-electron chi connectivity index (χ2n) is 8.12. The molecule has 180 valence electrons. The Kier molecular flexibility index (Phi) is 7.64. The molecule has 1 heterocycles. The summed E-state index contributed by atoms with van der Waals surface area (Å²) in [7, 11) is -3.40. The van der Waals surface area contributed by atoms with E-state index < -0.39 is 7.59 Å². The van der Waals surface area contributed by atoms with E-state index in [9.17, 15) is 4.57 Å². The van der Waals surface area contributed by atoms with Gasteiger partial charge >= 0.3 is 7.59 Å². The first kappa shape index (κ1) is 24.1. The van der Waals surface area contributed by atoms with Crippen LogP contribution >= 0.6 is 19.1 Å². The lowest BCUT2D eigenvalue weighted by Crippen LogP contribution is -2.22. The molecular weight excluding hydrogens is 485 g/mol. The van der Waals surface area contributed by atoms with Crippen molar-refractivity contribution in [2.45, 2.75) is 13.1 Å². The average molecular weight is 512 g/mol. The van der Waals surface area contributed by atoms with Crippen molar-refractivity contribution in [3.63, 3.8) is 0 Å². The van der Waals surface area contributed by atoms with E-state index in [-0.39, 0.29) is 0 Å². The van der Waals surface area contributed by atoms with Gasteiger partial charge < -0.3 is 0 Å². The van der Waals surface area contributed by atoms with Crippen LogP contribution in [-0.4, -0.2) is 8.94 Å². The van der Waals surface area contributed by atoms with Gasteiger partial charge in [-0.1, -0.05) is 109 Å². The standard InChI is InChI=1S/C28H26N5OPS/c34-35(29-21-23-13-5-1-6-14-23,30-22-24-15-7-2-8-16-24)32-28-31-27(25-17-9-3-10-18-25)33(36-28)26-19-11-4-12-20-26/h1-20H,21-22H2,(H2,29,30,34)/b32-28-. The number of benzene rings is 4. The Labute approximate surface area is 214 Å². The van der Waals surface area contributed by atoms with E-state index in [2.05, 4.69) is 14.9 Å². The SMILES string of the molecule is O=P(/N=c1/nc(-c2ccccc2)n(-c2ccccc2)s1)(NCc1ccccc1)NCc1ccccc1. The van der Waals surface area contributed by atoms with Gasteiger partial charge in [-0.05, 0) is 34.8 Å². The van der Waals surface area contributed by atoms with E-state index in [4.69, 9.17) is 4.98 Å². The van der Waals surface area contributed by atoms with Gasteiger partial charge in [0.25, 0.3) is 0 Å². The van der Waals surface area contributed by atoms with Gasteiger partial charge in [0.1, 0.15) is 0 Å². The first-order chi connectivity index (χ1) is 17.7. The molecule has 4 aromatic carbocycles. The van der Waals surface area contributed by atoms with Crippen LogP contribution in [0.25, 0.3) is 17.1 Å². The third-order valence-electron chi connectivity index (χ3n) is 5.50. The van der Waals surface area contributed by atoms with Gasteiger partial charge in [-0.25, -0.2) is 14.1 Å². The van der Waals surface area contributed by atoms with Crippen LogP contribution in [0, 0.1) is 0 Å². The molecule has 0 saturated heterocycles. The molecule has 8 heteroatoms. The molecule has 2 N–H and O–H groups in total. The molecule has 36 heavy (non-hydrogen) atoms. The van der Waals surface area contributed by atoms with Crippen molar-refractivity contribution in [2.24, 2.45) is 4.76 Å². The van der Waals surface area contributed by atoms with Crippen molar-refractivity contribution >= 4 is 19.1 Å². The van der Waals surface area contributed by atoms with E-state index in [0.717, 1.165) is 28.2 Å². The van der Waals surface area contributed by atoms with Crippen LogP contribution in [0.15, 0.2) is 126 Å². The number of hydrogen-bond acceptors (Lipinski definition) is 3. The molecule has 0 radical (unpaired) electrons. The lowest BCUT2D eigenvalue weighted by atomic mass is 10.2. The van der Waals surface area contributed by atoms with Crippen LogP contribution in [-0.2, 0) is 17.7 Å². The van der Waals surface area contributed by atoms with E-state index in [1.165, 1.54) is 11.5 Å². The summed E-state index contributed by atoms with van der Waals surface area (Å²) in [6.45, 7) is 0.831. The Balaban J connectivity index is 1.53. The predicted octanol–water partition coefficient (Wildman–Crippen LogP) is 6.19. The minimum absolute atomic E-state index is 0.416. The second kappa shape index (κ2) is 11.4. The summed E-state index contributed by atoms with van der Waals surface area (Å²) in [6.07, 6.45) is 0. The fraction of sp³-hybridized carbons (Fsp3) is 0.0714. The zero-order chi connectivity index (χ0) is 24.6. The molecule has 1 aromatic heterocycles. The maximum atomic E-state index is 14.1. The normalized spacial score (nSPS) is 12.1. The summed E-state index contributed by atoms with van der Waals surface area (Å²) in [5, 5.41) is 6.35. The van der Waals surface area contributed by atoms with Crippen molar-refractivity contribution < 1.29 is 4.57 Å². The third kappa shape index (κ3) is 6.14. The van der Waals surface area contributed by atoms with Crippen LogP contribution in [0.2, 0.25) is 0 Å². The summed E-state index contributed by atoms with van der Waals surface area (Å²) in [5.41, 5.74) is 3.98. The zero-order valence-corrected chi connectivity index (χ0v) is 21.3. The molecule has 0 atom stereocenters. The molecule has 0 aliphatic heterocycles. The molecule has 5 rings (SSSR count). The van der Waals surface area contributed by atoms with Gasteiger partial charge in [-0.2, -0.15) is 9.75 Å². The number of nitrogens with one attached hydrogen (secondary N) is 2. The van der Waals surface area contributed by atoms with Crippen LogP contribution in [0.5, 0.6) is 0 Å². The lowest BCUT2D eigenvalue weighted by Gasteiger charge is -2.16. The van der Waals surface area contributed by atoms with Crippen LogP contribution < -0.4 is 15.0 Å². The molecule has 0 amide bonds. The van der Waals surface area contributed by atoms with Gasteiger partial charge in [-0.15, -0.1) is 0 Å². The summed E-state index contributed by atoms with van der Waals surface area (Å²) < 4.78 is 20.8. The fourth-order valence-corrected chi connectivity index (χ4v) is 6.24. The Hall–Kier alpha value is -3.61. The molecule has 0 aliphatic rings. The number of hydrogen-bond donors (Lipinski definition) is 2. The summed E-state index contributed by atoms with van der Waals surface area (Å²) in [5.74, 6) is 0.753. The van der Waals surface area contributed by atoms with E-state index in [0.29, 0.717) is 17.9 Å². The molecule has 0 saturated carbocycles. The highest BCUT2D eigenvalue weighted by molar-refractivity contribution is 7.58. The van der Waals surface area contributed by atoms with E-state index >= 15 is 0 Å². The van der Waals surface area contributed by atoms with Crippen LogP contribution in [0.3, 0.4) is 0 Å². The zero-order valence-electron chi connectivity index (χ0n) is 19.6. The number of para-hydroxylation sites is 1. The smallest absolute Gasteiger partial charge is 0.262 e. The number of rotatable bonds is 9. The molecule has 5 aromatic rings. The molecule has 6 nitrogen and oxygen atoms in total. The van der Waals surface area contributed by atoms with Gasteiger partial charge in [-0.3, -0.25) is 4.57 Å². The van der Waals surface area contributed by atoms with E-state index in [1.807, 2.05) is 125 Å². The first-order valence-electron chi connectivity index (χ1n) is 11.6. The number of aromatic nitrogens is 2. The van der Waals surface area contributed by atoms with Crippen molar-refractivity contribution in [1.29, 1.82) is 0 Å². The largest absolute Gasteiger partial charge is 0.327 e. The monoisotopic (exact) mass is 511 g/mol. The van der Waals surface area contributed by atoms with Crippen molar-refractivity contribution in [1.82, 2.24) is 19.1 Å². The summed E-state index contributed by atoms with van der Waals surface area (Å²) in [6, 6.07) is 39.7. The topological polar surface area (TPSA) is 71.3 Å². The maximum Gasteiger partial charge on any atom is 0.327 e. The summed E-state index contributed by atoms with van der Waals surface area (Å²) in [4.78, 5) is 5.25. The van der Waals surface area contributed by atoms with Crippen molar-refractivity contribution in [3.8, 4) is 17.1 Å². The van der Waals surface area contributed by atoms with Crippen molar-refractivity contribution in [3.05, 3.63) is 137 Å². The highest BCUT2D eigenvalue weighted by atomic mass is 32.1. The minimum atomic E-state index is -3.40. The molecule has 0 spiro atoms. The Bertz CT molecular complexity index is 1400. The van der Waals surface area contributed by atoms with E-state index in [1.54, 1.807) is 0 Å². The quantitative estimate of drug-likeness (QED) is 0.232. The average Bonchev–Trinajstić information content (AvgIpc) is 3.36. The van der Waals surface area contributed by atoms with Crippen LogP contribution in [0.1, 0.15) is 11.1 Å². The predicted molar refractivity (Wildman–Crippen MR) is 147 cm³/mol. The van der Waals surface area contributed by atoms with Gasteiger partial charge in [0.15, 0.2) is 5.82 Å². The van der Waals surface area contributed by atoms with Gasteiger partial charge in [0.05, 0.1) is 5.69 Å². The minimum Gasteiger partial charge on any atom is -0.262 e. The fourth-order valence-electron chi connectivity index (χ4n) is 3.67. The third-order valence-corrected chi connectivity index (χ3v) is 8.19. The van der Waals surface area contributed by atoms with Gasteiger partial charge in [0.2, 0.25) is 4.80 Å². The highest BCUT2D eigenvalue weighted by Crippen LogP contribution is 2.38. The molecule has 0 fully saturated rings. The van der Waals surface area contributed by atoms with Crippen LogP contribution in [0.4, 0.5) is 0 Å².